The van der Waals surface area contributed by atoms with Crippen molar-refractivity contribution in [3.8, 4) is 0 Å². The first-order valence-corrected chi connectivity index (χ1v) is 5.06. The van der Waals surface area contributed by atoms with Gasteiger partial charge in [-0.2, -0.15) is 5.21 Å². The van der Waals surface area contributed by atoms with E-state index >= 15 is 0 Å². The number of rotatable bonds is 5. The van der Waals surface area contributed by atoms with E-state index in [1.54, 1.807) is 13.8 Å². The Morgan fingerprint density at radius 2 is 2.29 bits per heavy atom. The number of carbonyl (C=O) groups is 2. The van der Waals surface area contributed by atoms with Gasteiger partial charge in [-0.25, -0.2) is 4.79 Å². The molecule has 0 saturated carbocycles. The molecule has 0 radical (unpaired) electrons. The van der Waals surface area contributed by atoms with E-state index in [-0.39, 0.29) is 13.2 Å². The minimum atomic E-state index is -0.504. The summed E-state index contributed by atoms with van der Waals surface area (Å²) >= 11 is 0. The van der Waals surface area contributed by atoms with Gasteiger partial charge in [0.1, 0.15) is 6.54 Å². The Hall–Kier alpha value is -2.19. The van der Waals surface area contributed by atoms with Crippen molar-refractivity contribution in [2.75, 3.05) is 13.2 Å². The molecule has 0 spiro atoms. The maximum atomic E-state index is 11.3. The standard InChI is InChI=1S/C8H14N6O3/c1-3-17-6(15)4-9-8(16)10-5(2)7-11-13-14-12-7/h5H,3-4H2,1-2H3,(H2,9,10,16)(H,11,12,13,14). The van der Waals surface area contributed by atoms with Gasteiger partial charge < -0.3 is 15.4 Å². The van der Waals surface area contributed by atoms with E-state index in [4.69, 9.17) is 0 Å². The molecule has 9 nitrogen and oxygen atoms in total. The molecule has 1 aromatic rings. The summed E-state index contributed by atoms with van der Waals surface area (Å²) in [5.41, 5.74) is 0. The predicted molar refractivity (Wildman–Crippen MR) is 55.8 cm³/mol. The zero-order chi connectivity index (χ0) is 12.7. The van der Waals surface area contributed by atoms with E-state index in [0.29, 0.717) is 5.82 Å². The summed E-state index contributed by atoms with van der Waals surface area (Å²) in [5.74, 6) is -0.133. The second-order valence-corrected chi connectivity index (χ2v) is 3.12. The highest BCUT2D eigenvalue weighted by Gasteiger charge is 2.13. The summed E-state index contributed by atoms with van der Waals surface area (Å²) in [7, 11) is 0. The summed E-state index contributed by atoms with van der Waals surface area (Å²) in [6.45, 7) is 3.48. The fourth-order valence-electron chi connectivity index (χ4n) is 1.03. The monoisotopic (exact) mass is 242 g/mol. The molecule has 0 aliphatic rings. The lowest BCUT2D eigenvalue weighted by Crippen LogP contribution is -2.40. The lowest BCUT2D eigenvalue weighted by molar-refractivity contribution is -0.141. The lowest BCUT2D eigenvalue weighted by Gasteiger charge is -2.10. The van der Waals surface area contributed by atoms with Crippen LogP contribution in [0.5, 0.6) is 0 Å². The number of hydrogen-bond donors (Lipinski definition) is 3. The highest BCUT2D eigenvalue weighted by Crippen LogP contribution is 2.01. The Morgan fingerprint density at radius 3 is 2.88 bits per heavy atom. The number of carbonyl (C=O) groups excluding carboxylic acids is 2. The number of nitrogens with one attached hydrogen (secondary N) is 3. The van der Waals surface area contributed by atoms with Crippen molar-refractivity contribution in [1.29, 1.82) is 0 Å². The molecule has 1 aromatic heterocycles. The van der Waals surface area contributed by atoms with Crippen LogP contribution < -0.4 is 10.6 Å². The van der Waals surface area contributed by atoms with Gasteiger partial charge in [0, 0.05) is 0 Å². The zero-order valence-corrected chi connectivity index (χ0v) is 9.56. The van der Waals surface area contributed by atoms with Crippen molar-refractivity contribution in [3.63, 3.8) is 0 Å². The average Bonchev–Trinajstić information content (AvgIpc) is 2.80. The molecule has 17 heavy (non-hydrogen) atoms. The van der Waals surface area contributed by atoms with Gasteiger partial charge in [0.25, 0.3) is 0 Å². The quantitative estimate of drug-likeness (QED) is 0.576. The normalized spacial score (nSPS) is 11.6. The lowest BCUT2D eigenvalue weighted by atomic mass is 10.3. The number of amides is 2. The van der Waals surface area contributed by atoms with Crippen LogP contribution in [-0.4, -0.2) is 45.8 Å². The van der Waals surface area contributed by atoms with Gasteiger partial charge in [-0.3, -0.25) is 4.79 Å². The fourth-order valence-corrected chi connectivity index (χ4v) is 1.03. The van der Waals surface area contributed by atoms with Crippen molar-refractivity contribution in [1.82, 2.24) is 31.3 Å². The summed E-state index contributed by atoms with van der Waals surface area (Å²) in [6, 6.07) is -0.911. The summed E-state index contributed by atoms with van der Waals surface area (Å²) < 4.78 is 4.65. The molecule has 0 aliphatic carbocycles. The van der Waals surface area contributed by atoms with E-state index in [9.17, 15) is 9.59 Å². The Morgan fingerprint density at radius 1 is 1.53 bits per heavy atom. The number of ether oxygens (including phenoxy) is 1. The van der Waals surface area contributed by atoms with Crippen LogP contribution in [0.4, 0.5) is 4.79 Å². The predicted octanol–water partition coefficient (Wildman–Crippen LogP) is -0.877. The van der Waals surface area contributed by atoms with E-state index in [1.165, 1.54) is 0 Å². The van der Waals surface area contributed by atoms with Gasteiger partial charge in [0.15, 0.2) is 5.82 Å². The molecule has 9 heteroatoms. The molecule has 1 rings (SSSR count). The third kappa shape index (κ3) is 4.45. The topological polar surface area (TPSA) is 122 Å². The Bertz CT molecular complexity index is 365. The van der Waals surface area contributed by atoms with Crippen molar-refractivity contribution in [3.05, 3.63) is 5.82 Å². The van der Waals surface area contributed by atoms with Crippen molar-refractivity contribution in [2.24, 2.45) is 0 Å². The molecule has 3 N–H and O–H groups in total. The number of H-pyrrole nitrogens is 1. The number of aromatic nitrogens is 4. The Balaban J connectivity index is 2.28. The molecule has 2 amide bonds. The van der Waals surface area contributed by atoms with Gasteiger partial charge >= 0.3 is 12.0 Å². The minimum absolute atomic E-state index is 0.182. The van der Waals surface area contributed by atoms with E-state index in [2.05, 4.69) is 36.0 Å². The molecule has 1 atom stereocenters. The maximum absolute atomic E-state index is 11.3. The third-order valence-electron chi connectivity index (χ3n) is 1.80. The van der Waals surface area contributed by atoms with E-state index < -0.39 is 18.0 Å². The third-order valence-corrected chi connectivity index (χ3v) is 1.80. The molecule has 0 bridgehead atoms. The first kappa shape index (κ1) is 12.9. The van der Waals surface area contributed by atoms with Gasteiger partial charge in [-0.05, 0) is 13.8 Å². The molecule has 0 saturated heterocycles. The highest BCUT2D eigenvalue weighted by molar-refractivity contribution is 5.80. The van der Waals surface area contributed by atoms with Crippen LogP contribution in [0.15, 0.2) is 0 Å². The SMILES string of the molecule is CCOC(=O)CNC(=O)NC(C)c1nn[nH]n1. The first-order valence-electron chi connectivity index (χ1n) is 5.06. The largest absolute Gasteiger partial charge is 0.465 e. The van der Waals surface area contributed by atoms with Gasteiger partial charge in [-0.1, -0.05) is 5.21 Å². The second kappa shape index (κ2) is 6.40. The van der Waals surface area contributed by atoms with Crippen LogP contribution in [-0.2, 0) is 9.53 Å². The van der Waals surface area contributed by atoms with Crippen molar-refractivity contribution < 1.29 is 14.3 Å². The minimum Gasteiger partial charge on any atom is -0.465 e. The molecule has 1 heterocycles. The summed E-state index contributed by atoms with van der Waals surface area (Å²) in [6.07, 6.45) is 0. The molecule has 0 fully saturated rings. The Labute approximate surface area is 97.3 Å². The van der Waals surface area contributed by atoms with E-state index in [1.807, 2.05) is 0 Å². The number of hydrogen-bond acceptors (Lipinski definition) is 6. The van der Waals surface area contributed by atoms with Crippen molar-refractivity contribution in [2.45, 2.75) is 19.9 Å². The molecular weight excluding hydrogens is 228 g/mol. The molecule has 0 aromatic carbocycles. The van der Waals surface area contributed by atoms with E-state index in [0.717, 1.165) is 0 Å². The van der Waals surface area contributed by atoms with Crippen LogP contribution >= 0.6 is 0 Å². The molecule has 94 valence electrons. The number of esters is 1. The number of tetrazole rings is 1. The van der Waals surface area contributed by atoms with Gasteiger partial charge in [0.05, 0.1) is 12.6 Å². The van der Waals surface area contributed by atoms with Crippen LogP contribution in [0.1, 0.15) is 25.7 Å². The number of nitrogens with zero attached hydrogens (tertiary/aromatic N) is 3. The Kier molecular flexibility index (Phi) is 4.85. The summed E-state index contributed by atoms with van der Waals surface area (Å²) in [4.78, 5) is 22.3. The maximum Gasteiger partial charge on any atom is 0.325 e. The highest BCUT2D eigenvalue weighted by atomic mass is 16.5. The van der Waals surface area contributed by atoms with Crippen LogP contribution in [0, 0.1) is 0 Å². The number of urea groups is 1. The smallest absolute Gasteiger partial charge is 0.325 e. The van der Waals surface area contributed by atoms with Gasteiger partial charge in [0.2, 0.25) is 0 Å². The van der Waals surface area contributed by atoms with Crippen LogP contribution in [0.3, 0.4) is 0 Å². The van der Waals surface area contributed by atoms with Crippen LogP contribution in [0.2, 0.25) is 0 Å². The fraction of sp³-hybridized carbons (Fsp3) is 0.625. The summed E-state index contributed by atoms with van der Waals surface area (Å²) in [5, 5.41) is 18.0. The molecule has 1 unspecified atom stereocenters. The molecular formula is C8H14N6O3. The first-order chi connectivity index (χ1) is 8.13. The van der Waals surface area contributed by atoms with Crippen molar-refractivity contribution >= 4 is 12.0 Å². The second-order valence-electron chi connectivity index (χ2n) is 3.12. The van der Waals surface area contributed by atoms with Crippen LogP contribution in [0.25, 0.3) is 0 Å². The van der Waals surface area contributed by atoms with Gasteiger partial charge in [-0.15, -0.1) is 10.2 Å². The zero-order valence-electron chi connectivity index (χ0n) is 9.56. The number of aromatic amines is 1. The molecule has 0 aliphatic heterocycles. The average molecular weight is 242 g/mol.